The predicted octanol–water partition coefficient (Wildman–Crippen LogP) is 1.36. The number of aryl methyl sites for hydroxylation is 1. The van der Waals surface area contributed by atoms with Crippen molar-refractivity contribution in [2.24, 2.45) is 0 Å². The van der Waals surface area contributed by atoms with E-state index in [2.05, 4.69) is 10.1 Å². The molecule has 2 aromatic heterocycles. The molecule has 96 valence electrons. The Bertz CT molecular complexity index is 577. The van der Waals surface area contributed by atoms with E-state index in [1.165, 1.54) is 6.20 Å². The highest BCUT2D eigenvalue weighted by Crippen LogP contribution is 2.14. The summed E-state index contributed by atoms with van der Waals surface area (Å²) in [5.41, 5.74) is 2.55. The zero-order valence-corrected chi connectivity index (χ0v) is 10.6. The highest BCUT2D eigenvalue weighted by atomic mass is 16.5. The molecular weight excluding hydrogens is 234 g/mol. The van der Waals surface area contributed by atoms with E-state index in [0.717, 1.165) is 5.69 Å². The van der Waals surface area contributed by atoms with Crippen molar-refractivity contribution in [1.29, 1.82) is 0 Å². The Hall–Kier alpha value is -1.95. The van der Waals surface area contributed by atoms with Gasteiger partial charge in [-0.3, -0.25) is 0 Å². The lowest BCUT2D eigenvalue weighted by Crippen LogP contribution is -2.14. The summed E-state index contributed by atoms with van der Waals surface area (Å²) in [6, 6.07) is 1.84. The average molecular weight is 249 g/mol. The van der Waals surface area contributed by atoms with Gasteiger partial charge in [-0.25, -0.2) is 14.3 Å². The van der Waals surface area contributed by atoms with Gasteiger partial charge in [0.05, 0.1) is 24.6 Å². The molecule has 0 aliphatic rings. The zero-order chi connectivity index (χ0) is 13.1. The lowest BCUT2D eigenvalue weighted by atomic mass is 10.2. The van der Waals surface area contributed by atoms with Crippen LogP contribution in [0.25, 0.3) is 5.65 Å². The SMILES string of the molecule is CCOC(=O)c1cnc2cc(C)nn2c1COC. The number of hydrogen-bond donors (Lipinski definition) is 0. The summed E-state index contributed by atoms with van der Waals surface area (Å²) >= 11 is 0. The molecule has 18 heavy (non-hydrogen) atoms. The first-order chi connectivity index (χ1) is 8.67. The Morgan fingerprint density at radius 2 is 2.28 bits per heavy atom. The fourth-order valence-electron chi connectivity index (χ4n) is 1.75. The van der Waals surface area contributed by atoms with Gasteiger partial charge in [0.25, 0.3) is 0 Å². The summed E-state index contributed by atoms with van der Waals surface area (Å²) in [5.74, 6) is -0.410. The van der Waals surface area contributed by atoms with Gasteiger partial charge < -0.3 is 9.47 Å². The molecule has 2 rings (SSSR count). The van der Waals surface area contributed by atoms with Crippen LogP contribution in [-0.4, -0.2) is 34.3 Å². The van der Waals surface area contributed by atoms with Crippen molar-refractivity contribution in [3.05, 3.63) is 29.2 Å². The van der Waals surface area contributed by atoms with Crippen molar-refractivity contribution < 1.29 is 14.3 Å². The molecule has 0 unspecified atom stereocenters. The van der Waals surface area contributed by atoms with E-state index < -0.39 is 5.97 Å². The van der Waals surface area contributed by atoms with Crippen molar-refractivity contribution in [3.63, 3.8) is 0 Å². The fraction of sp³-hybridized carbons (Fsp3) is 0.417. The van der Waals surface area contributed by atoms with Gasteiger partial charge in [-0.2, -0.15) is 5.10 Å². The van der Waals surface area contributed by atoms with E-state index in [1.807, 2.05) is 13.0 Å². The van der Waals surface area contributed by atoms with Crippen LogP contribution in [0.1, 0.15) is 28.7 Å². The Morgan fingerprint density at radius 1 is 1.50 bits per heavy atom. The number of methoxy groups -OCH3 is 1. The molecule has 0 fully saturated rings. The van der Waals surface area contributed by atoms with Crippen LogP contribution in [0.3, 0.4) is 0 Å². The molecule has 0 N–H and O–H groups in total. The topological polar surface area (TPSA) is 65.7 Å². The number of esters is 1. The number of rotatable bonds is 4. The second kappa shape index (κ2) is 5.14. The molecule has 0 radical (unpaired) electrons. The van der Waals surface area contributed by atoms with Crippen LogP contribution in [0, 0.1) is 6.92 Å². The maximum atomic E-state index is 11.8. The van der Waals surface area contributed by atoms with E-state index in [4.69, 9.17) is 9.47 Å². The van der Waals surface area contributed by atoms with Crippen LogP contribution in [-0.2, 0) is 16.1 Å². The molecule has 0 atom stereocenters. The smallest absolute Gasteiger partial charge is 0.341 e. The second-order valence-corrected chi connectivity index (χ2v) is 3.83. The van der Waals surface area contributed by atoms with E-state index >= 15 is 0 Å². The maximum absolute atomic E-state index is 11.8. The van der Waals surface area contributed by atoms with Crippen LogP contribution < -0.4 is 0 Å². The van der Waals surface area contributed by atoms with Crippen molar-refractivity contribution in [2.75, 3.05) is 13.7 Å². The van der Waals surface area contributed by atoms with Gasteiger partial charge >= 0.3 is 5.97 Å². The van der Waals surface area contributed by atoms with Crippen molar-refractivity contribution >= 4 is 11.6 Å². The average Bonchev–Trinajstić information content (AvgIpc) is 2.71. The van der Waals surface area contributed by atoms with Crippen molar-refractivity contribution in [3.8, 4) is 0 Å². The zero-order valence-electron chi connectivity index (χ0n) is 10.6. The summed E-state index contributed by atoms with van der Waals surface area (Å²) in [4.78, 5) is 16.0. The predicted molar refractivity (Wildman–Crippen MR) is 64.4 cm³/mol. The van der Waals surface area contributed by atoms with E-state index in [1.54, 1.807) is 18.5 Å². The van der Waals surface area contributed by atoms with Gasteiger partial charge in [0, 0.05) is 19.4 Å². The Balaban J connectivity index is 2.58. The normalized spacial score (nSPS) is 10.8. The standard InChI is InChI=1S/C12H15N3O3/c1-4-18-12(16)9-6-13-11-5-8(2)14-15(11)10(9)7-17-3/h5-6H,4,7H2,1-3H3. The lowest BCUT2D eigenvalue weighted by molar-refractivity contribution is 0.0519. The largest absolute Gasteiger partial charge is 0.462 e. The Morgan fingerprint density at radius 3 is 2.94 bits per heavy atom. The first-order valence-electron chi connectivity index (χ1n) is 5.67. The third kappa shape index (κ3) is 2.19. The van der Waals surface area contributed by atoms with Crippen molar-refractivity contribution in [2.45, 2.75) is 20.5 Å². The number of nitrogens with zero attached hydrogens (tertiary/aromatic N) is 3. The number of carbonyl (C=O) groups is 1. The van der Waals surface area contributed by atoms with Crippen LogP contribution in [0.15, 0.2) is 12.3 Å². The van der Waals surface area contributed by atoms with Gasteiger partial charge in [-0.1, -0.05) is 0 Å². The molecule has 0 bridgehead atoms. The second-order valence-electron chi connectivity index (χ2n) is 3.83. The van der Waals surface area contributed by atoms with Crippen LogP contribution >= 0.6 is 0 Å². The summed E-state index contributed by atoms with van der Waals surface area (Å²) in [5, 5.41) is 4.30. The molecule has 6 heteroatoms. The first-order valence-corrected chi connectivity index (χ1v) is 5.67. The number of carbonyl (C=O) groups excluding carboxylic acids is 1. The van der Waals surface area contributed by atoms with Crippen LogP contribution in [0.5, 0.6) is 0 Å². The minimum absolute atomic E-state index is 0.272. The Labute approximate surface area is 105 Å². The third-order valence-corrected chi connectivity index (χ3v) is 2.48. The lowest BCUT2D eigenvalue weighted by Gasteiger charge is -2.09. The summed E-state index contributed by atoms with van der Waals surface area (Å²) in [6.07, 6.45) is 1.50. The molecule has 0 spiro atoms. The number of ether oxygens (including phenoxy) is 2. The molecule has 0 aliphatic heterocycles. The van der Waals surface area contributed by atoms with E-state index in [9.17, 15) is 4.79 Å². The quantitative estimate of drug-likeness (QED) is 0.765. The molecule has 6 nitrogen and oxygen atoms in total. The summed E-state index contributed by atoms with van der Waals surface area (Å²) in [6.45, 7) is 4.23. The van der Waals surface area contributed by atoms with Gasteiger partial charge in [-0.05, 0) is 13.8 Å². The highest BCUT2D eigenvalue weighted by Gasteiger charge is 2.17. The molecular formula is C12H15N3O3. The minimum atomic E-state index is -0.410. The fourth-order valence-corrected chi connectivity index (χ4v) is 1.75. The number of aromatic nitrogens is 3. The van der Waals surface area contributed by atoms with Gasteiger partial charge in [0.15, 0.2) is 5.65 Å². The van der Waals surface area contributed by atoms with E-state index in [-0.39, 0.29) is 6.61 Å². The van der Waals surface area contributed by atoms with Crippen LogP contribution in [0.4, 0.5) is 0 Å². The monoisotopic (exact) mass is 249 g/mol. The summed E-state index contributed by atoms with van der Waals surface area (Å²) < 4.78 is 11.7. The third-order valence-electron chi connectivity index (χ3n) is 2.48. The van der Waals surface area contributed by atoms with Crippen LogP contribution in [0.2, 0.25) is 0 Å². The number of fused-ring (bicyclic) bond motifs is 1. The maximum Gasteiger partial charge on any atom is 0.341 e. The molecule has 0 saturated carbocycles. The molecule has 0 aliphatic carbocycles. The molecule has 2 aromatic rings. The molecule has 2 heterocycles. The van der Waals surface area contributed by atoms with Gasteiger partial charge in [0.2, 0.25) is 0 Å². The van der Waals surface area contributed by atoms with Crippen molar-refractivity contribution in [1.82, 2.24) is 14.6 Å². The molecule has 0 aromatic carbocycles. The first kappa shape index (κ1) is 12.5. The highest BCUT2D eigenvalue weighted by molar-refractivity contribution is 5.90. The minimum Gasteiger partial charge on any atom is -0.462 e. The summed E-state index contributed by atoms with van der Waals surface area (Å²) in [7, 11) is 1.57. The van der Waals surface area contributed by atoms with Gasteiger partial charge in [-0.15, -0.1) is 0 Å². The van der Waals surface area contributed by atoms with Gasteiger partial charge in [0.1, 0.15) is 5.56 Å². The Kier molecular flexibility index (Phi) is 3.57. The molecule has 0 amide bonds. The number of hydrogen-bond acceptors (Lipinski definition) is 5. The molecule has 0 saturated heterocycles. The van der Waals surface area contributed by atoms with E-state index in [0.29, 0.717) is 23.5 Å².